The van der Waals surface area contributed by atoms with E-state index in [1.54, 1.807) is 0 Å². The van der Waals surface area contributed by atoms with Crippen LogP contribution in [0.1, 0.15) is 66.4 Å². The van der Waals surface area contributed by atoms with Crippen LogP contribution in [0.25, 0.3) is 0 Å². The number of esters is 1. The first-order chi connectivity index (χ1) is 15.1. The zero-order valence-electron chi connectivity index (χ0n) is 20.4. The normalized spacial score (nSPS) is 21.9. The van der Waals surface area contributed by atoms with E-state index in [0.29, 0.717) is 13.0 Å². The van der Waals surface area contributed by atoms with Crippen LogP contribution in [0.3, 0.4) is 0 Å². The molecule has 6 heteroatoms. The summed E-state index contributed by atoms with van der Waals surface area (Å²) in [5.74, 6) is -0.413. The summed E-state index contributed by atoms with van der Waals surface area (Å²) in [4.78, 5) is 27.2. The molecule has 32 heavy (non-hydrogen) atoms. The molecule has 0 saturated carbocycles. The fourth-order valence-corrected chi connectivity index (χ4v) is 4.83. The Morgan fingerprint density at radius 2 is 1.94 bits per heavy atom. The summed E-state index contributed by atoms with van der Waals surface area (Å²) in [7, 11) is 0. The molecule has 1 aliphatic heterocycles. The van der Waals surface area contributed by atoms with Crippen molar-refractivity contribution in [2.45, 2.75) is 91.0 Å². The third-order valence-corrected chi connectivity index (χ3v) is 6.10. The first-order valence-corrected chi connectivity index (χ1v) is 11.7. The molecule has 0 radical (unpaired) electrons. The fourth-order valence-electron chi connectivity index (χ4n) is 4.83. The Hall–Kier alpha value is -2.39. The second-order valence-electron chi connectivity index (χ2n) is 10.0. The van der Waals surface area contributed by atoms with Crippen LogP contribution in [-0.2, 0) is 20.7 Å². The van der Waals surface area contributed by atoms with E-state index in [1.165, 1.54) is 12.5 Å². The molecule has 1 aliphatic rings. The van der Waals surface area contributed by atoms with Gasteiger partial charge < -0.3 is 10.1 Å². The van der Waals surface area contributed by atoms with Gasteiger partial charge in [0.05, 0.1) is 12.0 Å². The number of hydrogen-bond donors (Lipinski definition) is 1. The van der Waals surface area contributed by atoms with Crippen LogP contribution in [0.15, 0.2) is 30.3 Å². The van der Waals surface area contributed by atoms with Gasteiger partial charge in [0.1, 0.15) is 11.6 Å². The van der Waals surface area contributed by atoms with Gasteiger partial charge in [-0.25, -0.2) is 0 Å². The fraction of sp³-hybridized carbons (Fsp3) is 0.654. The number of carbonyl (C=O) groups is 2. The highest BCUT2D eigenvalue weighted by Crippen LogP contribution is 2.34. The molecule has 6 nitrogen and oxygen atoms in total. The monoisotopic (exact) mass is 441 g/mol. The smallest absolute Gasteiger partial charge is 0.323 e. The number of benzene rings is 1. The summed E-state index contributed by atoms with van der Waals surface area (Å²) >= 11 is 0. The van der Waals surface area contributed by atoms with E-state index in [9.17, 15) is 14.9 Å². The van der Waals surface area contributed by atoms with E-state index in [1.807, 2.05) is 45.9 Å². The molecule has 0 aliphatic carbocycles. The van der Waals surface area contributed by atoms with Crippen LogP contribution in [-0.4, -0.2) is 47.0 Å². The van der Waals surface area contributed by atoms with Crippen molar-refractivity contribution in [2.75, 3.05) is 6.54 Å². The number of hydrogen-bond acceptors (Lipinski definition) is 5. The van der Waals surface area contributed by atoms with E-state index in [0.717, 1.165) is 19.3 Å². The molecule has 3 unspecified atom stereocenters. The van der Waals surface area contributed by atoms with Gasteiger partial charge in [-0.05, 0) is 58.4 Å². The molecular formula is C26H39N3O3. The quantitative estimate of drug-likeness (QED) is 0.584. The number of ether oxygens (including phenoxy) is 1. The maximum atomic E-state index is 13.2. The molecule has 176 valence electrons. The molecule has 5 atom stereocenters. The van der Waals surface area contributed by atoms with Gasteiger partial charge in [-0.15, -0.1) is 0 Å². The maximum Gasteiger partial charge on any atom is 0.323 e. The zero-order valence-corrected chi connectivity index (χ0v) is 20.4. The highest BCUT2D eigenvalue weighted by Gasteiger charge is 2.45. The van der Waals surface area contributed by atoms with Gasteiger partial charge in [-0.1, -0.05) is 43.7 Å². The Bertz CT molecular complexity index is 797. The Morgan fingerprint density at radius 1 is 1.28 bits per heavy atom. The number of nitriles is 1. The zero-order chi connectivity index (χ0) is 23.9. The highest BCUT2D eigenvalue weighted by molar-refractivity contribution is 5.77. The highest BCUT2D eigenvalue weighted by atomic mass is 16.6. The molecule has 1 N–H and O–H groups in total. The Labute approximate surface area is 193 Å². The van der Waals surface area contributed by atoms with Gasteiger partial charge in [-0.2, -0.15) is 5.26 Å². The lowest BCUT2D eigenvalue weighted by Gasteiger charge is -2.41. The average Bonchev–Trinajstić information content (AvgIpc) is 3.14. The van der Waals surface area contributed by atoms with Crippen molar-refractivity contribution in [2.24, 2.45) is 11.8 Å². The predicted octanol–water partition coefficient (Wildman–Crippen LogP) is 4.09. The molecule has 1 aromatic carbocycles. The summed E-state index contributed by atoms with van der Waals surface area (Å²) < 4.78 is 5.75. The Balaban J connectivity index is 2.45. The largest absolute Gasteiger partial charge is 0.459 e. The SMILES string of the molecule is CCC[C@@H](C(C)NC(C)=O)[C@H](Cc1ccccc1)N1CC(C#N)CC1C(=O)OC(C)(C)C. The molecule has 1 heterocycles. The van der Waals surface area contributed by atoms with Crippen LogP contribution >= 0.6 is 0 Å². The maximum absolute atomic E-state index is 13.2. The Kier molecular flexibility index (Phi) is 9.27. The number of nitrogens with one attached hydrogen (secondary N) is 1. The predicted molar refractivity (Wildman–Crippen MR) is 126 cm³/mol. The second-order valence-corrected chi connectivity index (χ2v) is 10.0. The number of amides is 1. The van der Waals surface area contributed by atoms with E-state index in [4.69, 9.17) is 4.74 Å². The molecule has 1 amide bonds. The lowest BCUT2D eigenvalue weighted by Crippen LogP contribution is -2.54. The van der Waals surface area contributed by atoms with Crippen molar-refractivity contribution >= 4 is 11.9 Å². The van der Waals surface area contributed by atoms with Gasteiger partial charge >= 0.3 is 5.97 Å². The van der Waals surface area contributed by atoms with E-state index < -0.39 is 11.6 Å². The summed E-state index contributed by atoms with van der Waals surface area (Å²) in [5, 5.41) is 12.7. The lowest BCUT2D eigenvalue weighted by molar-refractivity contribution is -0.161. The van der Waals surface area contributed by atoms with Crippen molar-refractivity contribution < 1.29 is 14.3 Å². The lowest BCUT2D eigenvalue weighted by atomic mass is 9.83. The van der Waals surface area contributed by atoms with Crippen molar-refractivity contribution in [3.63, 3.8) is 0 Å². The van der Waals surface area contributed by atoms with Crippen LogP contribution in [0.4, 0.5) is 0 Å². The minimum absolute atomic E-state index is 0.00457. The number of carbonyl (C=O) groups excluding carboxylic acids is 2. The number of nitrogens with zero attached hydrogens (tertiary/aromatic N) is 2. The summed E-state index contributed by atoms with van der Waals surface area (Å²) in [6.45, 7) is 11.9. The van der Waals surface area contributed by atoms with Crippen molar-refractivity contribution in [1.29, 1.82) is 5.26 Å². The standard InChI is InChI=1S/C26H39N3O3/c1-7-11-22(18(2)28-19(3)30)23(14-20-12-9-8-10-13-20)29-17-21(16-27)15-24(29)25(31)32-26(4,5)6/h8-10,12-13,18,21-24H,7,11,14-15,17H2,1-6H3,(H,28,30)/t18?,21?,22-,23-,24?/m0/s1. The molecule has 0 aromatic heterocycles. The van der Waals surface area contributed by atoms with E-state index in [-0.39, 0.29) is 35.8 Å². The van der Waals surface area contributed by atoms with Crippen LogP contribution < -0.4 is 5.32 Å². The van der Waals surface area contributed by atoms with Gasteiger partial charge in [0.25, 0.3) is 0 Å². The molecule has 2 rings (SSSR count). The van der Waals surface area contributed by atoms with Gasteiger partial charge in [0.2, 0.25) is 5.91 Å². The number of likely N-dealkylation sites (tertiary alicyclic amines) is 1. The first kappa shape index (κ1) is 25.9. The topological polar surface area (TPSA) is 82.4 Å². The molecule has 1 fully saturated rings. The van der Waals surface area contributed by atoms with Gasteiger partial charge in [-0.3, -0.25) is 14.5 Å². The molecule has 0 spiro atoms. The van der Waals surface area contributed by atoms with Crippen molar-refractivity contribution in [1.82, 2.24) is 10.2 Å². The van der Waals surface area contributed by atoms with Gasteiger partial charge in [0.15, 0.2) is 0 Å². The molecule has 1 aromatic rings. The summed E-state index contributed by atoms with van der Waals surface area (Å²) in [5.41, 5.74) is 0.589. The van der Waals surface area contributed by atoms with Gasteiger partial charge in [0, 0.05) is 25.6 Å². The van der Waals surface area contributed by atoms with Crippen molar-refractivity contribution in [3.05, 3.63) is 35.9 Å². The molecule has 1 saturated heterocycles. The molecule has 0 bridgehead atoms. The van der Waals surface area contributed by atoms with Crippen LogP contribution in [0.2, 0.25) is 0 Å². The summed E-state index contributed by atoms with van der Waals surface area (Å²) in [6.07, 6.45) is 3.09. The van der Waals surface area contributed by atoms with Crippen LogP contribution in [0.5, 0.6) is 0 Å². The minimum atomic E-state index is -0.589. The summed E-state index contributed by atoms with van der Waals surface area (Å²) in [6, 6.07) is 12.1. The Morgan fingerprint density at radius 3 is 2.47 bits per heavy atom. The molecular weight excluding hydrogens is 402 g/mol. The van der Waals surface area contributed by atoms with E-state index >= 15 is 0 Å². The first-order valence-electron chi connectivity index (χ1n) is 11.7. The van der Waals surface area contributed by atoms with Crippen LogP contribution in [0, 0.1) is 23.2 Å². The third kappa shape index (κ3) is 7.34. The van der Waals surface area contributed by atoms with Crippen molar-refractivity contribution in [3.8, 4) is 6.07 Å². The average molecular weight is 442 g/mol. The third-order valence-electron chi connectivity index (χ3n) is 6.10. The van der Waals surface area contributed by atoms with E-state index in [2.05, 4.69) is 35.3 Å². The minimum Gasteiger partial charge on any atom is -0.459 e. The second kappa shape index (κ2) is 11.5. The number of rotatable bonds is 9.